The Morgan fingerprint density at radius 1 is 1.21 bits per heavy atom. The summed E-state index contributed by atoms with van der Waals surface area (Å²) in [6.07, 6.45) is 2.80. The van der Waals surface area contributed by atoms with Crippen molar-refractivity contribution in [3.8, 4) is 0 Å². The number of aromatic nitrogens is 2. The van der Waals surface area contributed by atoms with E-state index in [0.29, 0.717) is 11.0 Å². The van der Waals surface area contributed by atoms with Crippen LogP contribution in [0, 0.1) is 11.6 Å². The standard InChI is InChI=1S/C17H22F2N4O/c1-17(4-5-20-10-17)22-6-2-11(3-7-22)23-15-9-13(19)12(18)8-14(15)21-16(23)24/h8-9,11,20H,2-7,10H2,1H3,(H,21,24). The summed E-state index contributed by atoms with van der Waals surface area (Å²) in [5, 5.41) is 3.41. The normalized spacial score (nSPS) is 26.5. The van der Waals surface area contributed by atoms with Crippen LogP contribution in [0.5, 0.6) is 0 Å². The Bertz CT molecular complexity index is 814. The van der Waals surface area contributed by atoms with Crippen molar-refractivity contribution in [3.63, 3.8) is 0 Å². The van der Waals surface area contributed by atoms with Crippen LogP contribution in [0.15, 0.2) is 16.9 Å². The number of fused-ring (bicyclic) bond motifs is 1. The lowest BCUT2D eigenvalue weighted by atomic mass is 9.94. The maximum atomic E-state index is 13.6. The summed E-state index contributed by atoms with van der Waals surface area (Å²) in [7, 11) is 0. The number of imidazole rings is 1. The Balaban J connectivity index is 1.60. The van der Waals surface area contributed by atoms with E-state index >= 15 is 0 Å². The van der Waals surface area contributed by atoms with E-state index in [-0.39, 0.29) is 17.3 Å². The van der Waals surface area contributed by atoms with E-state index in [4.69, 9.17) is 0 Å². The zero-order valence-corrected chi connectivity index (χ0v) is 13.7. The fourth-order valence-electron chi connectivity index (χ4n) is 4.22. The Morgan fingerprint density at radius 3 is 2.58 bits per heavy atom. The second kappa shape index (κ2) is 5.67. The van der Waals surface area contributed by atoms with E-state index in [1.165, 1.54) is 0 Å². The highest BCUT2D eigenvalue weighted by Gasteiger charge is 2.37. The maximum Gasteiger partial charge on any atom is 0.326 e. The van der Waals surface area contributed by atoms with E-state index in [0.717, 1.165) is 57.6 Å². The summed E-state index contributed by atoms with van der Waals surface area (Å²) in [6, 6.07) is 2.20. The predicted octanol–water partition coefficient (Wildman–Crippen LogP) is 2.00. The van der Waals surface area contributed by atoms with Gasteiger partial charge in [-0.15, -0.1) is 0 Å². The van der Waals surface area contributed by atoms with Crippen LogP contribution in [0.2, 0.25) is 0 Å². The summed E-state index contributed by atoms with van der Waals surface area (Å²) in [5.41, 5.74) is 0.701. The topological polar surface area (TPSA) is 53.1 Å². The quantitative estimate of drug-likeness (QED) is 0.882. The number of likely N-dealkylation sites (tertiary alicyclic amines) is 1. The van der Waals surface area contributed by atoms with Crippen LogP contribution >= 0.6 is 0 Å². The van der Waals surface area contributed by atoms with Crippen molar-refractivity contribution < 1.29 is 8.78 Å². The molecule has 2 saturated heterocycles. The third kappa shape index (κ3) is 2.46. The number of hydrogen-bond donors (Lipinski definition) is 2. The molecule has 2 N–H and O–H groups in total. The van der Waals surface area contributed by atoms with Crippen molar-refractivity contribution in [1.82, 2.24) is 19.8 Å². The van der Waals surface area contributed by atoms with Crippen LogP contribution in [0.1, 0.15) is 32.2 Å². The minimum Gasteiger partial charge on any atom is -0.315 e. The van der Waals surface area contributed by atoms with E-state index in [1.54, 1.807) is 4.57 Å². The van der Waals surface area contributed by atoms with Gasteiger partial charge in [0.2, 0.25) is 0 Å². The number of aromatic amines is 1. The average molecular weight is 336 g/mol. The van der Waals surface area contributed by atoms with Gasteiger partial charge in [-0.3, -0.25) is 9.47 Å². The van der Waals surface area contributed by atoms with Crippen LogP contribution in [-0.2, 0) is 0 Å². The summed E-state index contributed by atoms with van der Waals surface area (Å²) in [6.45, 7) is 6.14. The number of nitrogens with one attached hydrogen (secondary N) is 2. The zero-order chi connectivity index (χ0) is 16.9. The van der Waals surface area contributed by atoms with Crippen molar-refractivity contribution in [3.05, 3.63) is 34.3 Å². The number of halogens is 2. The molecule has 2 aliphatic heterocycles. The molecule has 1 atom stereocenters. The van der Waals surface area contributed by atoms with Crippen molar-refractivity contribution in [2.45, 2.75) is 37.8 Å². The highest BCUT2D eigenvalue weighted by Crippen LogP contribution is 2.31. The van der Waals surface area contributed by atoms with Crippen LogP contribution < -0.4 is 11.0 Å². The Morgan fingerprint density at radius 2 is 1.92 bits per heavy atom. The molecule has 5 nitrogen and oxygen atoms in total. The summed E-state index contributed by atoms with van der Waals surface area (Å²) in [5.74, 6) is -1.86. The zero-order valence-electron chi connectivity index (χ0n) is 13.7. The van der Waals surface area contributed by atoms with Gasteiger partial charge < -0.3 is 10.3 Å². The van der Waals surface area contributed by atoms with Crippen molar-refractivity contribution in [2.24, 2.45) is 0 Å². The largest absolute Gasteiger partial charge is 0.326 e. The number of nitrogens with zero attached hydrogens (tertiary/aromatic N) is 2. The van der Waals surface area contributed by atoms with Gasteiger partial charge in [0.1, 0.15) is 0 Å². The van der Waals surface area contributed by atoms with Gasteiger partial charge in [0.05, 0.1) is 11.0 Å². The Labute approximate surface area is 138 Å². The molecule has 0 bridgehead atoms. The molecule has 1 aromatic heterocycles. The molecule has 1 aromatic carbocycles. The smallest absolute Gasteiger partial charge is 0.315 e. The Kier molecular flexibility index (Phi) is 3.73. The third-order valence-corrected chi connectivity index (χ3v) is 5.70. The molecule has 0 aliphatic carbocycles. The van der Waals surface area contributed by atoms with Gasteiger partial charge in [-0.2, -0.15) is 0 Å². The van der Waals surface area contributed by atoms with Crippen molar-refractivity contribution >= 4 is 11.0 Å². The highest BCUT2D eigenvalue weighted by molar-refractivity contribution is 5.75. The van der Waals surface area contributed by atoms with Gasteiger partial charge in [-0.1, -0.05) is 0 Å². The first-order valence-electron chi connectivity index (χ1n) is 8.53. The van der Waals surface area contributed by atoms with Crippen molar-refractivity contribution in [2.75, 3.05) is 26.2 Å². The van der Waals surface area contributed by atoms with Gasteiger partial charge >= 0.3 is 5.69 Å². The second-order valence-electron chi connectivity index (χ2n) is 7.23. The first-order valence-corrected chi connectivity index (χ1v) is 8.53. The number of hydrogen-bond acceptors (Lipinski definition) is 3. The highest BCUT2D eigenvalue weighted by atomic mass is 19.2. The summed E-state index contributed by atoms with van der Waals surface area (Å²) >= 11 is 0. The van der Waals surface area contributed by atoms with Gasteiger partial charge in [-0.05, 0) is 32.7 Å². The number of rotatable bonds is 2. The van der Waals surface area contributed by atoms with E-state index in [1.807, 2.05) is 0 Å². The second-order valence-corrected chi connectivity index (χ2v) is 7.23. The molecule has 3 heterocycles. The lowest BCUT2D eigenvalue weighted by Crippen LogP contribution is -2.51. The van der Waals surface area contributed by atoms with E-state index in [9.17, 15) is 13.6 Å². The molecule has 7 heteroatoms. The molecule has 0 amide bonds. The molecule has 0 saturated carbocycles. The molecule has 0 radical (unpaired) electrons. The summed E-state index contributed by atoms with van der Waals surface area (Å²) < 4.78 is 28.6. The molecule has 0 spiro atoms. The van der Waals surface area contributed by atoms with Crippen LogP contribution in [-0.4, -0.2) is 46.2 Å². The third-order valence-electron chi connectivity index (χ3n) is 5.70. The fraction of sp³-hybridized carbons (Fsp3) is 0.588. The maximum absolute atomic E-state index is 13.6. The van der Waals surface area contributed by atoms with E-state index in [2.05, 4.69) is 22.1 Å². The monoisotopic (exact) mass is 336 g/mol. The van der Waals surface area contributed by atoms with Crippen molar-refractivity contribution in [1.29, 1.82) is 0 Å². The van der Waals surface area contributed by atoms with Gasteiger partial charge in [-0.25, -0.2) is 13.6 Å². The fourth-order valence-corrected chi connectivity index (χ4v) is 4.22. The van der Waals surface area contributed by atoms with Gasteiger partial charge in [0, 0.05) is 43.3 Å². The van der Waals surface area contributed by atoms with Crippen LogP contribution in [0.4, 0.5) is 8.78 Å². The minimum atomic E-state index is -0.938. The predicted molar refractivity (Wildman–Crippen MR) is 88.2 cm³/mol. The number of benzene rings is 1. The molecular formula is C17H22F2N4O. The molecule has 4 rings (SSSR count). The molecule has 2 aromatic rings. The Hall–Kier alpha value is -1.73. The molecule has 24 heavy (non-hydrogen) atoms. The lowest BCUT2D eigenvalue weighted by Gasteiger charge is -2.42. The van der Waals surface area contributed by atoms with Gasteiger partial charge in [0.25, 0.3) is 0 Å². The average Bonchev–Trinajstić information content (AvgIpc) is 3.12. The molecule has 130 valence electrons. The van der Waals surface area contributed by atoms with Crippen LogP contribution in [0.3, 0.4) is 0 Å². The minimum absolute atomic E-state index is 0.0188. The van der Waals surface area contributed by atoms with E-state index < -0.39 is 11.6 Å². The SMILES string of the molecule is CC1(N2CCC(n3c(=O)[nH]c4cc(F)c(F)cc43)CC2)CCNC1. The molecule has 2 fully saturated rings. The first-order chi connectivity index (χ1) is 11.5. The number of piperidine rings is 1. The lowest BCUT2D eigenvalue weighted by molar-refractivity contribution is 0.0778. The molecule has 2 aliphatic rings. The van der Waals surface area contributed by atoms with Gasteiger partial charge in [0.15, 0.2) is 11.6 Å². The molecule has 1 unspecified atom stereocenters. The number of H-pyrrole nitrogens is 1. The molecular weight excluding hydrogens is 314 g/mol. The summed E-state index contributed by atoms with van der Waals surface area (Å²) in [4.78, 5) is 17.4. The van der Waals surface area contributed by atoms with Crippen LogP contribution in [0.25, 0.3) is 11.0 Å². The first kappa shape index (κ1) is 15.8.